The van der Waals surface area contributed by atoms with Gasteiger partial charge in [0.1, 0.15) is 6.10 Å². The van der Waals surface area contributed by atoms with Crippen LogP contribution >= 0.6 is 11.8 Å². The predicted molar refractivity (Wildman–Crippen MR) is 133 cm³/mol. The first-order chi connectivity index (χ1) is 16.5. The lowest BCUT2D eigenvalue weighted by atomic mass is 10.0. The predicted octanol–water partition coefficient (Wildman–Crippen LogP) is 1.46. The maximum absolute atomic E-state index is 12.7. The molecule has 0 aliphatic heterocycles. The lowest BCUT2D eigenvalue weighted by molar-refractivity contribution is -0.128. The molecular formula is C22H38N8O3S. The third kappa shape index (κ3) is 6.35. The van der Waals surface area contributed by atoms with Crippen molar-refractivity contribution in [2.45, 2.75) is 82.2 Å². The van der Waals surface area contributed by atoms with E-state index in [1.807, 2.05) is 0 Å². The number of unbranched alkanes of at least 4 members (excludes halogenated alkanes) is 3. The second-order valence-electron chi connectivity index (χ2n) is 8.72. The fourth-order valence-electron chi connectivity index (χ4n) is 4.10. The molecular weight excluding hydrogens is 456 g/mol. The van der Waals surface area contributed by atoms with Gasteiger partial charge >= 0.3 is 0 Å². The Labute approximate surface area is 204 Å². The second-order valence-corrected chi connectivity index (χ2v) is 9.78. The van der Waals surface area contributed by atoms with Crippen LogP contribution in [0.15, 0.2) is 5.16 Å². The first-order valence-corrected chi connectivity index (χ1v) is 13.3. The van der Waals surface area contributed by atoms with Crippen LogP contribution in [-0.2, 0) is 4.79 Å². The van der Waals surface area contributed by atoms with Gasteiger partial charge in [0.15, 0.2) is 22.1 Å². The number of aliphatic hydroxyl groups excluding tert-OH is 2. The van der Waals surface area contributed by atoms with Crippen LogP contribution in [0, 0.1) is 5.92 Å². The monoisotopic (exact) mass is 494 g/mol. The summed E-state index contributed by atoms with van der Waals surface area (Å²) in [6.45, 7) is 6.12. The summed E-state index contributed by atoms with van der Waals surface area (Å²) in [7, 11) is 0. The summed E-state index contributed by atoms with van der Waals surface area (Å²) in [6, 6.07) is -0.615. The fraction of sp³-hybridized carbons (Fsp3) is 0.773. The second kappa shape index (κ2) is 13.2. The van der Waals surface area contributed by atoms with E-state index in [0.717, 1.165) is 50.8 Å². The van der Waals surface area contributed by atoms with Crippen molar-refractivity contribution in [1.82, 2.24) is 30.3 Å². The number of fused-ring (bicyclic) bond motifs is 1. The van der Waals surface area contributed by atoms with E-state index in [4.69, 9.17) is 5.73 Å². The van der Waals surface area contributed by atoms with Crippen LogP contribution in [0.5, 0.6) is 0 Å². The molecule has 34 heavy (non-hydrogen) atoms. The molecule has 1 amide bonds. The molecule has 0 radical (unpaired) electrons. The van der Waals surface area contributed by atoms with Crippen LogP contribution in [0.3, 0.4) is 0 Å². The average Bonchev–Trinajstić information content (AvgIpc) is 3.38. The van der Waals surface area contributed by atoms with E-state index in [-0.39, 0.29) is 12.3 Å². The van der Waals surface area contributed by atoms with Crippen molar-refractivity contribution >= 4 is 34.7 Å². The van der Waals surface area contributed by atoms with Gasteiger partial charge in [0.2, 0.25) is 5.91 Å². The highest BCUT2D eigenvalue weighted by Crippen LogP contribution is 2.37. The molecule has 0 aromatic carbocycles. The zero-order valence-corrected chi connectivity index (χ0v) is 20.9. The van der Waals surface area contributed by atoms with E-state index >= 15 is 0 Å². The van der Waals surface area contributed by atoms with Crippen LogP contribution in [0.2, 0.25) is 0 Å². The van der Waals surface area contributed by atoms with E-state index in [1.54, 1.807) is 16.4 Å². The van der Waals surface area contributed by atoms with Crippen molar-refractivity contribution in [2.24, 2.45) is 11.7 Å². The number of nitrogens with one attached hydrogen (secondary N) is 2. The van der Waals surface area contributed by atoms with Crippen LogP contribution in [0.4, 0.5) is 5.82 Å². The topological polar surface area (TPSA) is 164 Å². The highest BCUT2D eigenvalue weighted by Gasteiger charge is 2.47. The summed E-state index contributed by atoms with van der Waals surface area (Å²) < 4.78 is 1.54. The quantitative estimate of drug-likeness (QED) is 0.147. The first kappa shape index (κ1) is 26.6. The highest BCUT2D eigenvalue weighted by atomic mass is 32.2. The third-order valence-corrected chi connectivity index (χ3v) is 7.10. The molecule has 1 saturated carbocycles. The Morgan fingerprint density at radius 3 is 2.68 bits per heavy atom. The minimum absolute atomic E-state index is 0.245. The molecule has 2 heterocycles. The summed E-state index contributed by atoms with van der Waals surface area (Å²) >= 11 is 1.55. The number of nitrogens with two attached hydrogens (primary N) is 1. The van der Waals surface area contributed by atoms with Gasteiger partial charge in [-0.15, -0.1) is 5.10 Å². The van der Waals surface area contributed by atoms with Gasteiger partial charge < -0.3 is 26.6 Å². The average molecular weight is 495 g/mol. The van der Waals surface area contributed by atoms with Gasteiger partial charge in [0, 0.05) is 18.8 Å². The van der Waals surface area contributed by atoms with Gasteiger partial charge in [-0.3, -0.25) is 4.79 Å². The number of thioether (sulfide) groups is 1. The molecule has 6 N–H and O–H groups in total. The molecule has 1 fully saturated rings. The first-order valence-electron chi connectivity index (χ1n) is 12.3. The maximum Gasteiger partial charge on any atom is 0.225 e. The van der Waals surface area contributed by atoms with Crippen molar-refractivity contribution in [1.29, 1.82) is 0 Å². The summed E-state index contributed by atoms with van der Waals surface area (Å²) in [5.41, 5.74) is 6.51. The lowest BCUT2D eigenvalue weighted by Crippen LogP contribution is -2.38. The Balaban J connectivity index is 1.80. The SMILES string of the molecule is CCCCNc1nc(SCCC)nc2c1nnn2[C@@H]1C[C@H](C(=O)NCCCCCN)[C@@H](O)[C@H]1O. The Morgan fingerprint density at radius 2 is 1.94 bits per heavy atom. The smallest absolute Gasteiger partial charge is 0.225 e. The molecule has 4 atom stereocenters. The molecule has 2 aromatic heterocycles. The standard InChI is InChI=1S/C22H38N8O3S/c1-3-5-10-24-19-16-20(27-22(26-19)34-12-4-2)30(29-28-16)15-13-14(17(31)18(15)32)21(33)25-11-8-6-7-9-23/h14-15,17-18,31-32H,3-13,23H2,1-2H3,(H,25,33)(H,24,26,27)/t14-,15+,17+,18-/m0/s1. The summed E-state index contributed by atoms with van der Waals surface area (Å²) in [6.07, 6.45) is 3.61. The summed E-state index contributed by atoms with van der Waals surface area (Å²) in [5, 5.41) is 36.8. The van der Waals surface area contributed by atoms with Gasteiger partial charge in [0.25, 0.3) is 0 Å². The minimum Gasteiger partial charge on any atom is -0.390 e. The largest absolute Gasteiger partial charge is 0.390 e. The Hall–Kier alpha value is -2.02. The molecule has 1 aliphatic carbocycles. The molecule has 12 heteroatoms. The van der Waals surface area contributed by atoms with Crippen molar-refractivity contribution in [3.05, 3.63) is 0 Å². The van der Waals surface area contributed by atoms with Gasteiger partial charge in [-0.2, -0.15) is 0 Å². The zero-order valence-electron chi connectivity index (χ0n) is 20.1. The molecule has 3 rings (SSSR count). The molecule has 0 saturated heterocycles. The number of aromatic nitrogens is 5. The van der Waals surface area contributed by atoms with E-state index in [0.29, 0.717) is 35.2 Å². The summed E-state index contributed by atoms with van der Waals surface area (Å²) in [5.74, 6) is 0.497. The van der Waals surface area contributed by atoms with Crippen LogP contribution in [0.25, 0.3) is 11.2 Å². The molecule has 11 nitrogen and oxygen atoms in total. The van der Waals surface area contributed by atoms with Crippen LogP contribution in [0.1, 0.15) is 64.8 Å². The number of rotatable bonds is 14. The van der Waals surface area contributed by atoms with Crippen molar-refractivity contribution in [3.8, 4) is 0 Å². The number of anilines is 1. The lowest BCUT2D eigenvalue weighted by Gasteiger charge is -2.17. The number of nitrogens with zero attached hydrogens (tertiary/aromatic N) is 5. The van der Waals surface area contributed by atoms with Gasteiger partial charge in [0.05, 0.1) is 18.1 Å². The summed E-state index contributed by atoms with van der Waals surface area (Å²) in [4.78, 5) is 22.0. The van der Waals surface area contributed by atoms with Crippen LogP contribution < -0.4 is 16.4 Å². The van der Waals surface area contributed by atoms with Gasteiger partial charge in [-0.1, -0.05) is 43.7 Å². The van der Waals surface area contributed by atoms with Crippen LogP contribution in [-0.4, -0.2) is 78.7 Å². The molecule has 190 valence electrons. The fourth-order valence-corrected chi connectivity index (χ4v) is 4.79. The number of hydrogen-bond donors (Lipinski definition) is 5. The number of carbonyl (C=O) groups excluding carboxylic acids is 1. The third-order valence-electron chi connectivity index (χ3n) is 6.04. The minimum atomic E-state index is -1.19. The Morgan fingerprint density at radius 1 is 1.12 bits per heavy atom. The molecule has 1 aliphatic rings. The Bertz CT molecular complexity index is 927. The van der Waals surface area contributed by atoms with Crippen molar-refractivity contribution < 1.29 is 15.0 Å². The molecule has 2 aromatic rings. The molecule has 0 unspecified atom stereocenters. The van der Waals surface area contributed by atoms with E-state index in [1.165, 1.54) is 0 Å². The number of amides is 1. The highest BCUT2D eigenvalue weighted by molar-refractivity contribution is 7.99. The van der Waals surface area contributed by atoms with Crippen molar-refractivity contribution in [2.75, 3.05) is 30.7 Å². The number of aliphatic hydroxyl groups is 2. The zero-order chi connectivity index (χ0) is 24.5. The molecule has 0 spiro atoms. The van der Waals surface area contributed by atoms with E-state index < -0.39 is 24.2 Å². The number of hydrogen-bond acceptors (Lipinski definition) is 10. The number of carbonyl (C=O) groups is 1. The van der Waals surface area contributed by atoms with E-state index in [2.05, 4.69) is 44.8 Å². The normalized spacial score (nSPS) is 22.4. The maximum atomic E-state index is 12.7. The molecule has 0 bridgehead atoms. The van der Waals surface area contributed by atoms with Gasteiger partial charge in [-0.05, 0) is 38.6 Å². The Kier molecular flexibility index (Phi) is 10.3. The van der Waals surface area contributed by atoms with Crippen molar-refractivity contribution in [3.63, 3.8) is 0 Å². The van der Waals surface area contributed by atoms with Gasteiger partial charge in [-0.25, -0.2) is 14.6 Å². The van der Waals surface area contributed by atoms with E-state index in [9.17, 15) is 15.0 Å².